The topological polar surface area (TPSA) is 77.9 Å². The Balaban J connectivity index is 1.83. The van der Waals surface area contributed by atoms with Crippen LogP contribution in [0.25, 0.3) is 0 Å². The number of rotatable bonds is 3. The number of nitrogens with zero attached hydrogens (tertiary/aromatic N) is 2. The summed E-state index contributed by atoms with van der Waals surface area (Å²) in [5.41, 5.74) is -0.610. The number of hydrogen-bond donors (Lipinski definition) is 1. The Kier molecular flexibility index (Phi) is 5.43. The zero-order chi connectivity index (χ0) is 18.1. The van der Waals surface area contributed by atoms with Gasteiger partial charge in [-0.2, -0.15) is 16.1 Å². The second kappa shape index (κ2) is 7.26. The van der Waals surface area contributed by atoms with Gasteiger partial charge in [0.2, 0.25) is 10.0 Å². The molecule has 3 rings (SSSR count). The summed E-state index contributed by atoms with van der Waals surface area (Å²) in [7, 11) is -3.72. The Labute approximate surface area is 153 Å². The highest BCUT2D eigenvalue weighted by molar-refractivity contribution is 7.99. The maximum atomic E-state index is 12.9. The maximum Gasteiger partial charge on any atom is 0.253 e. The molecule has 138 valence electrons. The van der Waals surface area contributed by atoms with E-state index >= 15 is 0 Å². The summed E-state index contributed by atoms with van der Waals surface area (Å²) >= 11 is 1.82. The summed E-state index contributed by atoms with van der Waals surface area (Å²) in [6, 6.07) is 6.25. The van der Waals surface area contributed by atoms with Crippen LogP contribution in [0.5, 0.6) is 0 Å². The lowest BCUT2D eigenvalue weighted by atomic mass is 9.97. The summed E-state index contributed by atoms with van der Waals surface area (Å²) in [6.45, 7) is 3.50. The molecule has 1 unspecified atom stereocenters. The molecule has 0 aromatic heterocycles. The first-order valence-corrected chi connectivity index (χ1v) is 11.1. The summed E-state index contributed by atoms with van der Waals surface area (Å²) in [5.74, 6) is 1.70. The summed E-state index contributed by atoms with van der Waals surface area (Å²) in [5, 5.41) is 10.2. The van der Waals surface area contributed by atoms with Crippen LogP contribution >= 0.6 is 11.8 Å². The van der Waals surface area contributed by atoms with Gasteiger partial charge in [0.15, 0.2) is 0 Å². The first-order valence-electron chi connectivity index (χ1n) is 8.49. The zero-order valence-corrected chi connectivity index (χ0v) is 16.0. The van der Waals surface area contributed by atoms with Crippen LogP contribution in [0.4, 0.5) is 0 Å². The van der Waals surface area contributed by atoms with Crippen molar-refractivity contribution in [2.45, 2.75) is 30.3 Å². The van der Waals surface area contributed by atoms with E-state index < -0.39 is 15.6 Å². The van der Waals surface area contributed by atoms with Crippen LogP contribution < -0.4 is 0 Å². The number of aliphatic hydroxyl groups is 1. The first kappa shape index (κ1) is 18.7. The highest BCUT2D eigenvalue weighted by atomic mass is 32.2. The van der Waals surface area contributed by atoms with Gasteiger partial charge in [-0.05, 0) is 38.0 Å². The molecule has 6 nitrogen and oxygen atoms in total. The van der Waals surface area contributed by atoms with Crippen molar-refractivity contribution >= 4 is 27.7 Å². The largest absolute Gasteiger partial charge is 0.389 e. The van der Waals surface area contributed by atoms with Crippen molar-refractivity contribution in [1.82, 2.24) is 9.21 Å². The van der Waals surface area contributed by atoms with Crippen LogP contribution in [0.1, 0.15) is 30.1 Å². The summed E-state index contributed by atoms with van der Waals surface area (Å²) in [4.78, 5) is 14.5. The molecule has 0 spiro atoms. The van der Waals surface area contributed by atoms with Crippen LogP contribution in [0.2, 0.25) is 0 Å². The molecular weight excluding hydrogens is 360 g/mol. The third-order valence-electron chi connectivity index (χ3n) is 4.66. The molecule has 1 aromatic carbocycles. The third-order valence-corrected chi connectivity index (χ3v) is 7.44. The Morgan fingerprint density at radius 3 is 2.64 bits per heavy atom. The number of amides is 1. The van der Waals surface area contributed by atoms with Gasteiger partial charge in [0.1, 0.15) is 0 Å². The third kappa shape index (κ3) is 4.19. The van der Waals surface area contributed by atoms with Gasteiger partial charge in [-0.1, -0.05) is 6.07 Å². The number of carbonyl (C=O) groups is 1. The number of thioether (sulfide) groups is 1. The number of benzene rings is 1. The summed E-state index contributed by atoms with van der Waals surface area (Å²) < 4.78 is 27.1. The Morgan fingerprint density at radius 1 is 1.24 bits per heavy atom. The van der Waals surface area contributed by atoms with Gasteiger partial charge in [0.25, 0.3) is 5.91 Å². The molecule has 1 amide bonds. The second-order valence-corrected chi connectivity index (χ2v) is 10.0. The zero-order valence-electron chi connectivity index (χ0n) is 14.3. The normalized spacial score (nSPS) is 25.8. The van der Waals surface area contributed by atoms with E-state index in [2.05, 4.69) is 0 Å². The molecule has 0 saturated carbocycles. The molecule has 1 aromatic rings. The lowest BCUT2D eigenvalue weighted by Gasteiger charge is -2.36. The smallest absolute Gasteiger partial charge is 0.253 e. The minimum atomic E-state index is -3.72. The number of carbonyl (C=O) groups excluding carboxylic acids is 1. The molecule has 1 N–H and O–H groups in total. The van der Waals surface area contributed by atoms with E-state index in [0.717, 1.165) is 11.5 Å². The molecule has 0 aliphatic carbocycles. The average molecular weight is 385 g/mol. The number of hydrogen-bond acceptors (Lipinski definition) is 5. The van der Waals surface area contributed by atoms with Crippen molar-refractivity contribution in [3.63, 3.8) is 0 Å². The first-order chi connectivity index (χ1) is 11.8. The number of sulfonamides is 1. The SMILES string of the molecule is CC1(O)CCCN(S(=O)(=O)c2cccc(C(=O)N3CCSCC3)c2)C1. The van der Waals surface area contributed by atoms with Crippen LogP contribution in [-0.4, -0.2) is 71.9 Å². The highest BCUT2D eigenvalue weighted by Crippen LogP contribution is 2.26. The van der Waals surface area contributed by atoms with Gasteiger partial charge < -0.3 is 10.0 Å². The van der Waals surface area contributed by atoms with Crippen molar-refractivity contribution in [3.8, 4) is 0 Å². The van der Waals surface area contributed by atoms with E-state index in [-0.39, 0.29) is 17.3 Å². The van der Waals surface area contributed by atoms with Crippen molar-refractivity contribution in [1.29, 1.82) is 0 Å². The molecule has 0 bridgehead atoms. The predicted octanol–water partition coefficient (Wildman–Crippen LogP) is 1.41. The molecule has 2 aliphatic heterocycles. The minimum absolute atomic E-state index is 0.0802. The van der Waals surface area contributed by atoms with Gasteiger partial charge in [-0.25, -0.2) is 8.42 Å². The van der Waals surface area contributed by atoms with E-state index in [1.165, 1.54) is 16.4 Å². The Bertz CT molecular complexity index is 743. The van der Waals surface area contributed by atoms with Crippen molar-refractivity contribution < 1.29 is 18.3 Å². The van der Waals surface area contributed by atoms with E-state index in [1.807, 2.05) is 11.8 Å². The standard InChI is InChI=1S/C17H24N2O4S2/c1-17(21)6-3-7-19(13-17)25(22,23)15-5-2-4-14(12-15)16(20)18-8-10-24-11-9-18/h2,4-5,12,21H,3,6-11,13H2,1H3. The number of piperidine rings is 1. The number of β-amino-alcohol motifs (C(OH)–C–C–N with tert-alkyl or cyclic N) is 1. The molecule has 2 fully saturated rings. The molecule has 2 saturated heterocycles. The van der Waals surface area contributed by atoms with Crippen LogP contribution in [0, 0.1) is 0 Å². The summed E-state index contributed by atoms with van der Waals surface area (Å²) in [6.07, 6.45) is 1.21. The quantitative estimate of drug-likeness (QED) is 0.853. The molecule has 1 atom stereocenters. The minimum Gasteiger partial charge on any atom is -0.389 e. The van der Waals surface area contributed by atoms with Gasteiger partial charge >= 0.3 is 0 Å². The van der Waals surface area contributed by atoms with Crippen LogP contribution in [0.3, 0.4) is 0 Å². The molecule has 0 radical (unpaired) electrons. The fourth-order valence-electron chi connectivity index (χ4n) is 3.27. The van der Waals surface area contributed by atoms with Crippen molar-refractivity contribution in [2.24, 2.45) is 0 Å². The molecule has 25 heavy (non-hydrogen) atoms. The maximum absolute atomic E-state index is 12.9. The second-order valence-electron chi connectivity index (χ2n) is 6.87. The Hall–Kier alpha value is -1.09. The van der Waals surface area contributed by atoms with Gasteiger partial charge in [0.05, 0.1) is 10.5 Å². The average Bonchev–Trinajstić information content (AvgIpc) is 2.61. The monoisotopic (exact) mass is 384 g/mol. The van der Waals surface area contributed by atoms with Gasteiger partial charge in [0, 0.05) is 43.2 Å². The fourth-order valence-corrected chi connectivity index (χ4v) is 5.81. The molecule has 2 aliphatic rings. The van der Waals surface area contributed by atoms with Gasteiger partial charge in [-0.3, -0.25) is 4.79 Å². The molecule has 2 heterocycles. The predicted molar refractivity (Wildman–Crippen MR) is 98.3 cm³/mol. The van der Waals surface area contributed by atoms with Crippen LogP contribution in [0.15, 0.2) is 29.2 Å². The van der Waals surface area contributed by atoms with Crippen molar-refractivity contribution in [3.05, 3.63) is 29.8 Å². The van der Waals surface area contributed by atoms with Gasteiger partial charge in [-0.15, -0.1) is 0 Å². The van der Waals surface area contributed by atoms with Crippen molar-refractivity contribution in [2.75, 3.05) is 37.7 Å². The van der Waals surface area contributed by atoms with E-state index in [4.69, 9.17) is 0 Å². The lowest BCUT2D eigenvalue weighted by Crippen LogP contribution is -2.48. The van der Waals surface area contributed by atoms with E-state index in [0.29, 0.717) is 38.0 Å². The molecular formula is C17H24N2O4S2. The van der Waals surface area contributed by atoms with E-state index in [1.54, 1.807) is 24.0 Å². The van der Waals surface area contributed by atoms with Crippen LogP contribution in [-0.2, 0) is 10.0 Å². The highest BCUT2D eigenvalue weighted by Gasteiger charge is 2.35. The molecule has 8 heteroatoms. The Morgan fingerprint density at radius 2 is 1.96 bits per heavy atom. The fraction of sp³-hybridized carbons (Fsp3) is 0.588. The lowest BCUT2D eigenvalue weighted by molar-refractivity contribution is 0.00939. The van der Waals surface area contributed by atoms with E-state index in [9.17, 15) is 18.3 Å².